The zero-order valence-electron chi connectivity index (χ0n) is 12.3. The maximum absolute atomic E-state index is 12.6. The van der Waals surface area contributed by atoms with Crippen molar-refractivity contribution >= 4 is 16.0 Å². The van der Waals surface area contributed by atoms with Crippen LogP contribution in [0.3, 0.4) is 0 Å². The van der Waals surface area contributed by atoms with Crippen LogP contribution in [0.4, 0.5) is 0 Å². The van der Waals surface area contributed by atoms with Crippen molar-refractivity contribution in [2.45, 2.75) is 31.6 Å². The molecule has 0 saturated carbocycles. The van der Waals surface area contributed by atoms with Crippen LogP contribution in [0.1, 0.15) is 30.9 Å². The maximum atomic E-state index is 12.6. The molecule has 0 aliphatic carbocycles. The van der Waals surface area contributed by atoms with E-state index in [0.29, 0.717) is 30.5 Å². The third-order valence-corrected chi connectivity index (χ3v) is 5.94. The Morgan fingerprint density at radius 1 is 1.50 bits per heavy atom. The zero-order valence-corrected chi connectivity index (χ0v) is 13.1. The van der Waals surface area contributed by atoms with Gasteiger partial charge in [-0.15, -0.1) is 0 Å². The molecule has 1 saturated heterocycles. The quantitative estimate of drug-likeness (QED) is 0.907. The molecule has 0 radical (unpaired) electrons. The lowest BCUT2D eigenvalue weighted by Gasteiger charge is -2.36. The monoisotopic (exact) mass is 322 g/mol. The first-order valence-corrected chi connectivity index (χ1v) is 8.67. The van der Waals surface area contributed by atoms with Crippen molar-refractivity contribution in [1.29, 1.82) is 5.26 Å². The molecular formula is C15H18N2O4S. The van der Waals surface area contributed by atoms with Crippen LogP contribution in [0.5, 0.6) is 0 Å². The number of rotatable bonds is 4. The van der Waals surface area contributed by atoms with Gasteiger partial charge in [-0.1, -0.05) is 12.1 Å². The average Bonchev–Trinajstić information content (AvgIpc) is 2.46. The first-order valence-electron chi connectivity index (χ1n) is 7.06. The fourth-order valence-corrected chi connectivity index (χ4v) is 4.69. The Labute approximate surface area is 130 Å². The van der Waals surface area contributed by atoms with Crippen molar-refractivity contribution in [2.75, 3.05) is 6.54 Å². The van der Waals surface area contributed by atoms with Crippen LogP contribution < -0.4 is 0 Å². The molecule has 1 aromatic carbocycles. The molecule has 1 aromatic rings. The van der Waals surface area contributed by atoms with Crippen molar-refractivity contribution in [2.24, 2.45) is 5.92 Å². The van der Waals surface area contributed by atoms with E-state index < -0.39 is 28.0 Å². The number of nitrogens with zero attached hydrogens (tertiary/aromatic N) is 2. The van der Waals surface area contributed by atoms with E-state index in [2.05, 4.69) is 0 Å². The number of hydrogen-bond donors (Lipinski definition) is 1. The van der Waals surface area contributed by atoms with Crippen LogP contribution in [0.25, 0.3) is 0 Å². The summed E-state index contributed by atoms with van der Waals surface area (Å²) in [6.07, 6.45) is 1.03. The molecule has 0 unspecified atom stereocenters. The molecule has 0 spiro atoms. The Morgan fingerprint density at radius 3 is 2.86 bits per heavy atom. The zero-order chi connectivity index (χ0) is 16.3. The number of nitriles is 1. The van der Waals surface area contributed by atoms with Crippen LogP contribution >= 0.6 is 0 Å². The van der Waals surface area contributed by atoms with Crippen molar-refractivity contribution in [1.82, 2.24) is 4.31 Å². The van der Waals surface area contributed by atoms with E-state index in [9.17, 15) is 18.3 Å². The molecule has 0 bridgehead atoms. The summed E-state index contributed by atoms with van der Waals surface area (Å²) in [5.41, 5.74) is 0.937. The summed E-state index contributed by atoms with van der Waals surface area (Å²) in [5.74, 6) is -1.85. The summed E-state index contributed by atoms with van der Waals surface area (Å²) >= 11 is 0. The normalized spacial score (nSPS) is 22.9. The number of aliphatic carboxylic acids is 1. The molecule has 1 aliphatic heterocycles. The standard InChI is InChI=1S/C15H18N2O4S/c1-11-14(15(18)19)6-3-7-17(11)22(20,21)10-13-5-2-4-12(8-13)9-16/h2,4-5,8,11,14H,3,6-7,10H2,1H3,(H,18,19)/t11-,14-/m1/s1. The van der Waals surface area contributed by atoms with Gasteiger partial charge in [-0.2, -0.15) is 9.57 Å². The highest BCUT2D eigenvalue weighted by atomic mass is 32.2. The Balaban J connectivity index is 2.22. The highest BCUT2D eigenvalue weighted by molar-refractivity contribution is 7.88. The molecule has 1 N–H and O–H groups in total. The lowest BCUT2D eigenvalue weighted by Crippen LogP contribution is -2.49. The van der Waals surface area contributed by atoms with Gasteiger partial charge in [0.1, 0.15) is 0 Å². The van der Waals surface area contributed by atoms with Crippen molar-refractivity contribution < 1.29 is 18.3 Å². The highest BCUT2D eigenvalue weighted by Crippen LogP contribution is 2.27. The van der Waals surface area contributed by atoms with Crippen LogP contribution in [0.2, 0.25) is 0 Å². The van der Waals surface area contributed by atoms with Gasteiger partial charge in [-0.05, 0) is 37.5 Å². The molecule has 1 heterocycles. The van der Waals surface area contributed by atoms with Gasteiger partial charge >= 0.3 is 5.97 Å². The van der Waals surface area contributed by atoms with Gasteiger partial charge in [0.05, 0.1) is 23.3 Å². The third-order valence-electron chi connectivity index (χ3n) is 4.01. The van der Waals surface area contributed by atoms with Crippen molar-refractivity contribution in [3.8, 4) is 6.07 Å². The Kier molecular flexibility index (Phi) is 4.84. The molecule has 7 heteroatoms. The second-order valence-corrected chi connectivity index (χ2v) is 7.43. The SMILES string of the molecule is C[C@@H]1[C@H](C(=O)O)CCCN1S(=O)(=O)Cc1cccc(C#N)c1. The van der Waals surface area contributed by atoms with Gasteiger partial charge in [-0.3, -0.25) is 4.79 Å². The molecule has 2 atom stereocenters. The molecule has 0 amide bonds. The first-order chi connectivity index (χ1) is 10.3. The number of piperidine rings is 1. The minimum Gasteiger partial charge on any atom is -0.481 e. The summed E-state index contributed by atoms with van der Waals surface area (Å²) in [5, 5.41) is 18.1. The lowest BCUT2D eigenvalue weighted by molar-refractivity contribution is -0.144. The number of hydrogen-bond acceptors (Lipinski definition) is 4. The molecule has 0 aromatic heterocycles. The van der Waals surface area contributed by atoms with Gasteiger partial charge in [0, 0.05) is 12.6 Å². The fraction of sp³-hybridized carbons (Fsp3) is 0.467. The van der Waals surface area contributed by atoms with Gasteiger partial charge in [0.25, 0.3) is 0 Å². The number of sulfonamides is 1. The van der Waals surface area contributed by atoms with Crippen LogP contribution in [-0.2, 0) is 20.6 Å². The second-order valence-electron chi connectivity index (χ2n) is 5.51. The molecular weight excluding hydrogens is 304 g/mol. The lowest BCUT2D eigenvalue weighted by atomic mass is 9.92. The maximum Gasteiger partial charge on any atom is 0.308 e. The Morgan fingerprint density at radius 2 is 2.23 bits per heavy atom. The summed E-state index contributed by atoms with van der Waals surface area (Å²) in [4.78, 5) is 11.2. The second kappa shape index (κ2) is 6.46. The Hall–Kier alpha value is -1.91. The summed E-state index contributed by atoms with van der Waals surface area (Å²) < 4.78 is 26.5. The van der Waals surface area contributed by atoms with Crippen LogP contribution in [-0.4, -0.2) is 36.4 Å². The van der Waals surface area contributed by atoms with Crippen LogP contribution in [0, 0.1) is 17.2 Å². The predicted octanol–water partition coefficient (Wildman–Crippen LogP) is 1.57. The average molecular weight is 322 g/mol. The first kappa shape index (κ1) is 16.5. The van der Waals surface area contributed by atoms with E-state index in [0.717, 1.165) is 0 Å². The van der Waals surface area contributed by atoms with Gasteiger partial charge in [-0.25, -0.2) is 8.42 Å². The molecule has 1 aliphatic rings. The van der Waals surface area contributed by atoms with E-state index in [4.69, 9.17) is 5.26 Å². The molecule has 22 heavy (non-hydrogen) atoms. The molecule has 2 rings (SSSR count). The van der Waals surface area contributed by atoms with Crippen molar-refractivity contribution in [3.05, 3.63) is 35.4 Å². The van der Waals surface area contributed by atoms with E-state index in [1.807, 2.05) is 6.07 Å². The molecule has 118 valence electrons. The highest BCUT2D eigenvalue weighted by Gasteiger charge is 2.38. The number of benzene rings is 1. The number of carbonyl (C=O) groups is 1. The summed E-state index contributed by atoms with van der Waals surface area (Å²) in [6.45, 7) is 1.98. The van der Waals surface area contributed by atoms with Gasteiger partial charge in [0.15, 0.2) is 0 Å². The van der Waals surface area contributed by atoms with E-state index in [-0.39, 0.29) is 5.75 Å². The number of carboxylic acids is 1. The third kappa shape index (κ3) is 3.46. The predicted molar refractivity (Wildman–Crippen MR) is 80.3 cm³/mol. The van der Waals surface area contributed by atoms with Gasteiger partial charge in [0.2, 0.25) is 10.0 Å². The van der Waals surface area contributed by atoms with E-state index in [1.54, 1.807) is 31.2 Å². The fourth-order valence-electron chi connectivity index (χ4n) is 2.86. The minimum absolute atomic E-state index is 0.223. The summed E-state index contributed by atoms with van der Waals surface area (Å²) in [6, 6.07) is 7.87. The van der Waals surface area contributed by atoms with Crippen molar-refractivity contribution in [3.63, 3.8) is 0 Å². The molecule has 1 fully saturated rings. The van der Waals surface area contributed by atoms with Crippen LogP contribution in [0.15, 0.2) is 24.3 Å². The largest absolute Gasteiger partial charge is 0.481 e. The molecule has 6 nitrogen and oxygen atoms in total. The summed E-state index contributed by atoms with van der Waals surface area (Å²) in [7, 11) is -3.62. The van der Waals surface area contributed by atoms with Gasteiger partial charge < -0.3 is 5.11 Å². The van der Waals surface area contributed by atoms with E-state index in [1.165, 1.54) is 4.31 Å². The topological polar surface area (TPSA) is 98.5 Å². The Bertz CT molecular complexity index is 708. The smallest absolute Gasteiger partial charge is 0.308 e. The number of carboxylic acid groups (broad SMARTS) is 1. The minimum atomic E-state index is -3.62. The van der Waals surface area contributed by atoms with E-state index >= 15 is 0 Å².